The first-order chi connectivity index (χ1) is 7.15. The van der Waals surface area contributed by atoms with Crippen LogP contribution >= 0.6 is 0 Å². The van der Waals surface area contributed by atoms with Gasteiger partial charge in [0.1, 0.15) is 0 Å². The third-order valence-corrected chi connectivity index (χ3v) is 2.03. The third-order valence-electron chi connectivity index (χ3n) is 2.03. The Labute approximate surface area is 88.9 Å². The molecule has 0 radical (unpaired) electrons. The van der Waals surface area contributed by atoms with Gasteiger partial charge in [-0.3, -0.25) is 0 Å². The number of carbonyl (C=O) groups is 1. The van der Waals surface area contributed by atoms with Gasteiger partial charge in [-0.25, -0.2) is 4.79 Å². The summed E-state index contributed by atoms with van der Waals surface area (Å²) in [6, 6.07) is 5.30. The molecule has 0 atom stereocenters. The van der Waals surface area contributed by atoms with Crippen LogP contribution in [0.2, 0.25) is 0 Å². The molecule has 0 saturated heterocycles. The Morgan fingerprint density at radius 2 is 2.27 bits per heavy atom. The van der Waals surface area contributed by atoms with Crippen LogP contribution in [0.25, 0.3) is 0 Å². The van der Waals surface area contributed by atoms with Crippen molar-refractivity contribution in [3.63, 3.8) is 0 Å². The Morgan fingerprint density at radius 3 is 2.87 bits per heavy atom. The monoisotopic (exact) mass is 209 g/mol. The first-order valence-electron chi connectivity index (χ1n) is 4.72. The lowest BCUT2D eigenvalue weighted by molar-refractivity contribution is 0.0697. The van der Waals surface area contributed by atoms with Gasteiger partial charge in [0.15, 0.2) is 0 Å². The van der Waals surface area contributed by atoms with E-state index >= 15 is 0 Å². The van der Waals surface area contributed by atoms with Crippen LogP contribution in [0.4, 0.5) is 5.69 Å². The van der Waals surface area contributed by atoms with E-state index in [0.717, 1.165) is 5.56 Å². The maximum absolute atomic E-state index is 10.9. The lowest BCUT2D eigenvalue weighted by Gasteiger charge is -2.09. The molecule has 1 rings (SSSR count). The quantitative estimate of drug-likeness (QED) is 0.725. The van der Waals surface area contributed by atoms with E-state index in [1.54, 1.807) is 19.2 Å². The smallest absolute Gasteiger partial charge is 0.337 e. The molecule has 15 heavy (non-hydrogen) atoms. The lowest BCUT2D eigenvalue weighted by atomic mass is 10.1. The highest BCUT2D eigenvalue weighted by Crippen LogP contribution is 2.16. The molecule has 0 aliphatic rings. The van der Waals surface area contributed by atoms with Gasteiger partial charge >= 0.3 is 5.97 Å². The fourth-order valence-corrected chi connectivity index (χ4v) is 1.28. The summed E-state index contributed by atoms with van der Waals surface area (Å²) in [4.78, 5) is 10.9. The molecule has 2 N–H and O–H groups in total. The van der Waals surface area contributed by atoms with Gasteiger partial charge in [-0.15, -0.1) is 0 Å². The molecule has 0 saturated carbocycles. The van der Waals surface area contributed by atoms with Crippen LogP contribution in [0, 0.1) is 6.92 Å². The van der Waals surface area contributed by atoms with E-state index in [4.69, 9.17) is 9.84 Å². The molecule has 0 amide bonds. The molecular weight excluding hydrogens is 194 g/mol. The number of benzene rings is 1. The fraction of sp³-hybridized carbons (Fsp3) is 0.364. The van der Waals surface area contributed by atoms with Gasteiger partial charge < -0.3 is 15.2 Å². The van der Waals surface area contributed by atoms with E-state index in [-0.39, 0.29) is 0 Å². The SMILES string of the molecule is COCCNc1ccc(C)cc1C(=O)O. The van der Waals surface area contributed by atoms with Gasteiger partial charge in [-0.05, 0) is 19.1 Å². The predicted molar refractivity (Wildman–Crippen MR) is 58.5 cm³/mol. The number of ether oxygens (including phenoxy) is 1. The minimum absolute atomic E-state index is 0.297. The normalized spacial score (nSPS) is 10.0. The molecule has 0 unspecified atom stereocenters. The third kappa shape index (κ3) is 3.25. The largest absolute Gasteiger partial charge is 0.478 e. The van der Waals surface area contributed by atoms with Crippen LogP contribution in [-0.4, -0.2) is 31.3 Å². The highest BCUT2D eigenvalue weighted by Gasteiger charge is 2.09. The molecule has 0 bridgehead atoms. The number of carboxylic acids is 1. The summed E-state index contributed by atoms with van der Waals surface area (Å²) in [5.41, 5.74) is 1.86. The highest BCUT2D eigenvalue weighted by molar-refractivity contribution is 5.94. The van der Waals surface area contributed by atoms with Gasteiger partial charge in [0.2, 0.25) is 0 Å². The summed E-state index contributed by atoms with van der Waals surface area (Å²) in [6.45, 7) is 3.01. The van der Waals surface area contributed by atoms with Crippen LogP contribution in [0.1, 0.15) is 15.9 Å². The summed E-state index contributed by atoms with van der Waals surface area (Å²) >= 11 is 0. The molecule has 4 nitrogen and oxygen atoms in total. The van der Waals surface area contributed by atoms with E-state index in [9.17, 15) is 4.79 Å². The number of hydrogen-bond donors (Lipinski definition) is 2. The van der Waals surface area contributed by atoms with Crippen LogP contribution in [0.3, 0.4) is 0 Å². The van der Waals surface area contributed by atoms with Crippen molar-refractivity contribution in [1.29, 1.82) is 0 Å². The van der Waals surface area contributed by atoms with Gasteiger partial charge in [0.05, 0.1) is 12.2 Å². The molecular formula is C11H15NO3. The zero-order chi connectivity index (χ0) is 11.3. The molecule has 0 heterocycles. The fourth-order valence-electron chi connectivity index (χ4n) is 1.28. The van der Waals surface area contributed by atoms with Gasteiger partial charge in [0, 0.05) is 19.3 Å². The Morgan fingerprint density at radius 1 is 1.53 bits per heavy atom. The Balaban J connectivity index is 2.81. The standard InChI is InChI=1S/C11H15NO3/c1-8-3-4-10(12-5-6-15-2)9(7-8)11(13)14/h3-4,7,12H,5-6H2,1-2H3,(H,13,14). The van der Waals surface area contributed by atoms with Crippen molar-refractivity contribution < 1.29 is 14.6 Å². The lowest BCUT2D eigenvalue weighted by Crippen LogP contribution is -2.11. The van der Waals surface area contributed by atoms with E-state index in [2.05, 4.69) is 5.32 Å². The topological polar surface area (TPSA) is 58.6 Å². The maximum Gasteiger partial charge on any atom is 0.337 e. The number of carboxylic acid groups (broad SMARTS) is 1. The van der Waals surface area contributed by atoms with Gasteiger partial charge in [-0.2, -0.15) is 0 Å². The molecule has 0 spiro atoms. The van der Waals surface area contributed by atoms with Crippen LogP contribution < -0.4 is 5.32 Å². The van der Waals surface area contributed by atoms with Gasteiger partial charge in [-0.1, -0.05) is 11.6 Å². The summed E-state index contributed by atoms with van der Waals surface area (Å²) < 4.78 is 4.88. The van der Waals surface area contributed by atoms with Crippen molar-refractivity contribution in [1.82, 2.24) is 0 Å². The highest BCUT2D eigenvalue weighted by atomic mass is 16.5. The minimum Gasteiger partial charge on any atom is -0.478 e. The van der Waals surface area contributed by atoms with E-state index in [1.807, 2.05) is 13.0 Å². The second-order valence-corrected chi connectivity index (χ2v) is 3.27. The van der Waals surface area contributed by atoms with Crippen molar-refractivity contribution in [3.8, 4) is 0 Å². The molecule has 0 aliphatic heterocycles. The van der Waals surface area contributed by atoms with Crippen molar-refractivity contribution >= 4 is 11.7 Å². The Kier molecular flexibility index (Phi) is 4.12. The summed E-state index contributed by atoms with van der Waals surface area (Å²) in [6.07, 6.45) is 0. The average molecular weight is 209 g/mol. The summed E-state index contributed by atoms with van der Waals surface area (Å²) in [5.74, 6) is -0.918. The zero-order valence-electron chi connectivity index (χ0n) is 8.91. The zero-order valence-corrected chi connectivity index (χ0v) is 8.91. The second-order valence-electron chi connectivity index (χ2n) is 3.27. The molecule has 0 aliphatic carbocycles. The minimum atomic E-state index is -0.918. The number of nitrogens with one attached hydrogen (secondary N) is 1. The van der Waals surface area contributed by atoms with E-state index in [1.165, 1.54) is 0 Å². The van der Waals surface area contributed by atoms with Crippen LogP contribution in [-0.2, 0) is 4.74 Å². The second kappa shape index (κ2) is 5.36. The van der Waals surface area contributed by atoms with Crippen LogP contribution in [0.5, 0.6) is 0 Å². The molecule has 1 aromatic carbocycles. The number of aromatic carboxylic acids is 1. The molecule has 4 heteroatoms. The number of methoxy groups -OCH3 is 1. The molecule has 0 aromatic heterocycles. The van der Waals surface area contributed by atoms with E-state index < -0.39 is 5.97 Å². The van der Waals surface area contributed by atoms with Crippen molar-refractivity contribution in [2.75, 3.05) is 25.6 Å². The van der Waals surface area contributed by atoms with Crippen molar-refractivity contribution in [3.05, 3.63) is 29.3 Å². The Hall–Kier alpha value is -1.55. The van der Waals surface area contributed by atoms with Crippen molar-refractivity contribution in [2.24, 2.45) is 0 Å². The number of anilines is 1. The number of hydrogen-bond acceptors (Lipinski definition) is 3. The average Bonchev–Trinajstić information content (AvgIpc) is 2.20. The number of aryl methyl sites for hydroxylation is 1. The first kappa shape index (κ1) is 11.5. The molecule has 0 fully saturated rings. The summed E-state index contributed by atoms with van der Waals surface area (Å²) in [5, 5.41) is 12.0. The predicted octanol–water partition coefficient (Wildman–Crippen LogP) is 1.75. The Bertz CT molecular complexity index is 350. The molecule has 1 aromatic rings. The first-order valence-corrected chi connectivity index (χ1v) is 4.72. The number of rotatable bonds is 5. The van der Waals surface area contributed by atoms with Crippen LogP contribution in [0.15, 0.2) is 18.2 Å². The maximum atomic E-state index is 10.9. The van der Waals surface area contributed by atoms with Crippen molar-refractivity contribution in [2.45, 2.75) is 6.92 Å². The van der Waals surface area contributed by atoms with E-state index in [0.29, 0.717) is 24.4 Å². The summed E-state index contributed by atoms with van der Waals surface area (Å²) in [7, 11) is 1.61. The molecule has 82 valence electrons. The van der Waals surface area contributed by atoms with Gasteiger partial charge in [0.25, 0.3) is 0 Å².